The molecule has 1 aliphatic carbocycles. The first-order chi connectivity index (χ1) is 8.65. The molecule has 0 bridgehead atoms. The van der Waals surface area contributed by atoms with Gasteiger partial charge >= 0.3 is 0 Å². The predicted molar refractivity (Wildman–Crippen MR) is 70.4 cm³/mol. The molecule has 1 fully saturated rings. The van der Waals surface area contributed by atoms with E-state index in [1.54, 1.807) is 0 Å². The van der Waals surface area contributed by atoms with Gasteiger partial charge in [-0.25, -0.2) is 0 Å². The molecular formula is C14H20N2O2. The number of hydrogen-bond donors (Lipinski definition) is 2. The van der Waals surface area contributed by atoms with Gasteiger partial charge in [0.05, 0.1) is 0 Å². The van der Waals surface area contributed by atoms with E-state index >= 15 is 0 Å². The van der Waals surface area contributed by atoms with Crippen molar-refractivity contribution in [3.8, 4) is 5.75 Å². The number of aryl methyl sites for hydroxylation is 1. The summed E-state index contributed by atoms with van der Waals surface area (Å²) in [4.78, 5) is 11.6. The highest BCUT2D eigenvalue weighted by atomic mass is 16.5. The molecule has 1 unspecified atom stereocenters. The summed E-state index contributed by atoms with van der Waals surface area (Å²) in [6.45, 7) is 2.57. The number of amides is 1. The topological polar surface area (TPSA) is 64.3 Å². The molecule has 0 aliphatic heterocycles. The molecule has 98 valence electrons. The van der Waals surface area contributed by atoms with E-state index in [-0.39, 0.29) is 18.6 Å². The Morgan fingerprint density at radius 3 is 3.00 bits per heavy atom. The highest BCUT2D eigenvalue weighted by Gasteiger charge is 2.28. The molecule has 18 heavy (non-hydrogen) atoms. The molecule has 0 saturated heterocycles. The molecule has 2 rings (SSSR count). The molecular weight excluding hydrogens is 228 g/mol. The first kappa shape index (κ1) is 12.9. The maximum atomic E-state index is 11.6. The van der Waals surface area contributed by atoms with Crippen LogP contribution < -0.4 is 15.8 Å². The summed E-state index contributed by atoms with van der Waals surface area (Å²) in [5.41, 5.74) is 7.01. The molecule has 1 atom stereocenters. The quantitative estimate of drug-likeness (QED) is 0.795. The minimum Gasteiger partial charge on any atom is -0.484 e. The lowest BCUT2D eigenvalue weighted by Gasteiger charge is -2.12. The summed E-state index contributed by atoms with van der Waals surface area (Å²) >= 11 is 0. The van der Waals surface area contributed by atoms with Crippen LogP contribution in [0.3, 0.4) is 0 Å². The summed E-state index contributed by atoms with van der Waals surface area (Å²) in [7, 11) is 0. The number of hydrogen-bond acceptors (Lipinski definition) is 3. The number of carbonyl (C=O) groups excluding carboxylic acids is 1. The van der Waals surface area contributed by atoms with Gasteiger partial charge in [0.15, 0.2) is 6.61 Å². The largest absolute Gasteiger partial charge is 0.484 e. The van der Waals surface area contributed by atoms with Gasteiger partial charge in [-0.15, -0.1) is 0 Å². The monoisotopic (exact) mass is 248 g/mol. The standard InChI is InChI=1S/C14H20N2O2/c1-10-3-2-4-12(7-10)18-9-14(17)16-8-13(15)11-5-6-11/h2-4,7,11,13H,5-6,8-9,15H2,1H3,(H,16,17). The van der Waals surface area contributed by atoms with Crippen molar-refractivity contribution in [2.24, 2.45) is 11.7 Å². The Balaban J connectivity index is 1.67. The second kappa shape index (κ2) is 5.87. The second-order valence-electron chi connectivity index (χ2n) is 4.91. The number of nitrogens with one attached hydrogen (secondary N) is 1. The van der Waals surface area contributed by atoms with Crippen molar-refractivity contribution in [1.29, 1.82) is 0 Å². The summed E-state index contributed by atoms with van der Waals surface area (Å²) in [6.07, 6.45) is 2.38. The molecule has 1 saturated carbocycles. The molecule has 4 nitrogen and oxygen atoms in total. The van der Waals surface area contributed by atoms with Crippen LogP contribution in [0.5, 0.6) is 5.75 Å². The minimum absolute atomic E-state index is 0.0425. The molecule has 0 heterocycles. The van der Waals surface area contributed by atoms with Gasteiger partial charge in [0.25, 0.3) is 5.91 Å². The first-order valence-electron chi connectivity index (χ1n) is 6.37. The SMILES string of the molecule is Cc1cccc(OCC(=O)NCC(N)C2CC2)c1. The first-order valence-corrected chi connectivity index (χ1v) is 6.37. The van der Waals surface area contributed by atoms with Crippen molar-refractivity contribution < 1.29 is 9.53 Å². The average molecular weight is 248 g/mol. The van der Waals surface area contributed by atoms with Crippen molar-refractivity contribution in [3.63, 3.8) is 0 Å². The predicted octanol–water partition coefficient (Wildman–Crippen LogP) is 1.23. The Labute approximate surface area is 108 Å². The minimum atomic E-state index is -0.118. The van der Waals surface area contributed by atoms with Gasteiger partial charge in [-0.3, -0.25) is 4.79 Å². The Morgan fingerprint density at radius 2 is 2.33 bits per heavy atom. The fourth-order valence-corrected chi connectivity index (χ4v) is 1.83. The van der Waals surface area contributed by atoms with Crippen LogP contribution in [0.25, 0.3) is 0 Å². The van der Waals surface area contributed by atoms with E-state index < -0.39 is 0 Å². The number of nitrogens with two attached hydrogens (primary N) is 1. The lowest BCUT2D eigenvalue weighted by Crippen LogP contribution is -2.40. The highest BCUT2D eigenvalue weighted by Crippen LogP contribution is 2.31. The second-order valence-corrected chi connectivity index (χ2v) is 4.91. The van der Waals surface area contributed by atoms with Crippen LogP contribution >= 0.6 is 0 Å². The summed E-state index contributed by atoms with van der Waals surface area (Å²) in [5.74, 6) is 1.20. The van der Waals surface area contributed by atoms with Crippen LogP contribution in [-0.2, 0) is 4.79 Å². The zero-order valence-corrected chi connectivity index (χ0v) is 10.7. The zero-order chi connectivity index (χ0) is 13.0. The van der Waals surface area contributed by atoms with Crippen molar-refractivity contribution in [2.75, 3.05) is 13.2 Å². The Hall–Kier alpha value is -1.55. The maximum Gasteiger partial charge on any atom is 0.257 e. The maximum absolute atomic E-state index is 11.6. The van der Waals surface area contributed by atoms with E-state index in [0.29, 0.717) is 12.5 Å². The lowest BCUT2D eigenvalue weighted by atomic mass is 10.2. The normalized spacial score (nSPS) is 16.1. The smallest absolute Gasteiger partial charge is 0.257 e. The molecule has 1 aliphatic rings. The molecule has 0 radical (unpaired) electrons. The summed E-state index contributed by atoms with van der Waals surface area (Å²) in [5, 5.41) is 2.80. The molecule has 4 heteroatoms. The Morgan fingerprint density at radius 1 is 1.56 bits per heavy atom. The molecule has 1 aromatic carbocycles. The van der Waals surface area contributed by atoms with E-state index in [2.05, 4.69) is 5.32 Å². The van der Waals surface area contributed by atoms with E-state index in [1.807, 2.05) is 31.2 Å². The number of benzene rings is 1. The third kappa shape index (κ3) is 4.04. The van der Waals surface area contributed by atoms with Gasteiger partial charge in [0, 0.05) is 12.6 Å². The molecule has 1 amide bonds. The Bertz CT molecular complexity index is 416. The molecule has 0 aromatic heterocycles. The third-order valence-electron chi connectivity index (χ3n) is 3.12. The lowest BCUT2D eigenvalue weighted by molar-refractivity contribution is -0.123. The van der Waals surface area contributed by atoms with Crippen LogP contribution in [0.2, 0.25) is 0 Å². The molecule has 0 spiro atoms. The van der Waals surface area contributed by atoms with E-state index in [1.165, 1.54) is 12.8 Å². The van der Waals surface area contributed by atoms with Gasteiger partial charge in [-0.1, -0.05) is 12.1 Å². The fourth-order valence-electron chi connectivity index (χ4n) is 1.83. The van der Waals surface area contributed by atoms with E-state index in [0.717, 1.165) is 11.3 Å². The van der Waals surface area contributed by atoms with E-state index in [4.69, 9.17) is 10.5 Å². The number of ether oxygens (including phenoxy) is 1. The van der Waals surface area contributed by atoms with E-state index in [9.17, 15) is 4.79 Å². The zero-order valence-electron chi connectivity index (χ0n) is 10.7. The van der Waals surface area contributed by atoms with Crippen molar-refractivity contribution >= 4 is 5.91 Å². The van der Waals surface area contributed by atoms with Gasteiger partial charge in [-0.05, 0) is 43.4 Å². The van der Waals surface area contributed by atoms with Crippen LogP contribution in [0.15, 0.2) is 24.3 Å². The average Bonchev–Trinajstić information content (AvgIpc) is 3.17. The van der Waals surface area contributed by atoms with Crippen molar-refractivity contribution in [2.45, 2.75) is 25.8 Å². The molecule has 3 N–H and O–H groups in total. The van der Waals surface area contributed by atoms with Crippen LogP contribution in [0.4, 0.5) is 0 Å². The fraction of sp³-hybridized carbons (Fsp3) is 0.500. The van der Waals surface area contributed by atoms with Crippen LogP contribution in [-0.4, -0.2) is 25.1 Å². The van der Waals surface area contributed by atoms with Gasteiger partial charge in [0.1, 0.15) is 5.75 Å². The van der Waals surface area contributed by atoms with Gasteiger partial charge in [-0.2, -0.15) is 0 Å². The number of rotatable bonds is 6. The van der Waals surface area contributed by atoms with Gasteiger partial charge < -0.3 is 15.8 Å². The van der Waals surface area contributed by atoms with Crippen molar-refractivity contribution in [1.82, 2.24) is 5.32 Å². The van der Waals surface area contributed by atoms with Crippen molar-refractivity contribution in [3.05, 3.63) is 29.8 Å². The highest BCUT2D eigenvalue weighted by molar-refractivity contribution is 5.77. The van der Waals surface area contributed by atoms with Gasteiger partial charge in [0.2, 0.25) is 0 Å². The van der Waals surface area contributed by atoms with Crippen LogP contribution in [0.1, 0.15) is 18.4 Å². The Kier molecular flexibility index (Phi) is 4.20. The summed E-state index contributed by atoms with van der Waals surface area (Å²) < 4.78 is 5.40. The van der Waals surface area contributed by atoms with Crippen LogP contribution in [0, 0.1) is 12.8 Å². The third-order valence-corrected chi connectivity index (χ3v) is 3.12. The number of carbonyl (C=O) groups is 1. The summed E-state index contributed by atoms with van der Waals surface area (Å²) in [6, 6.07) is 7.74. The molecule has 1 aromatic rings.